The van der Waals surface area contributed by atoms with Crippen LogP contribution in [0.2, 0.25) is 0 Å². The van der Waals surface area contributed by atoms with Crippen LogP contribution in [0.1, 0.15) is 19.3 Å². The van der Waals surface area contributed by atoms with Crippen molar-refractivity contribution in [1.29, 1.82) is 5.26 Å². The maximum atomic E-state index is 11.9. The molecule has 0 aromatic carbocycles. The number of likely N-dealkylation sites (N-methyl/N-ethyl adjacent to an activating group) is 1. The molecule has 2 atom stereocenters. The zero-order valence-electron chi connectivity index (χ0n) is 12.7. The molecular weight excluding hydrogens is 256 g/mol. The highest BCUT2D eigenvalue weighted by Gasteiger charge is 2.31. The van der Waals surface area contributed by atoms with Crippen LogP contribution in [-0.2, 0) is 4.79 Å². The van der Waals surface area contributed by atoms with Crippen molar-refractivity contribution in [3.8, 4) is 6.07 Å². The second kappa shape index (κ2) is 8.20. The molecule has 6 nitrogen and oxygen atoms in total. The van der Waals surface area contributed by atoms with Gasteiger partial charge >= 0.3 is 0 Å². The van der Waals surface area contributed by atoms with Crippen molar-refractivity contribution in [1.82, 2.24) is 14.7 Å². The fraction of sp³-hybridized carbons (Fsp3) is 0.857. The fourth-order valence-corrected chi connectivity index (χ4v) is 2.62. The minimum atomic E-state index is -0.286. The second-order valence-electron chi connectivity index (χ2n) is 5.77. The summed E-state index contributed by atoms with van der Waals surface area (Å²) in [6, 6.07) is 2.36. The molecule has 114 valence electrons. The summed E-state index contributed by atoms with van der Waals surface area (Å²) in [4.78, 5) is 17.8. The van der Waals surface area contributed by atoms with E-state index in [1.54, 1.807) is 11.9 Å². The lowest BCUT2D eigenvalue weighted by atomic mass is 10.2. The predicted molar refractivity (Wildman–Crippen MR) is 77.0 cm³/mol. The standard InChI is InChI=1S/C14H26N4O2/c1-16(2)10-12-9-13(19)11-18(12)8-5-14(20)17(3)7-4-6-15/h12-13,19H,4-5,7-11H2,1-3H3. The first-order valence-corrected chi connectivity index (χ1v) is 7.11. The first-order chi connectivity index (χ1) is 9.43. The normalized spacial score (nSPS) is 23.0. The van der Waals surface area contributed by atoms with Crippen molar-refractivity contribution in [3.63, 3.8) is 0 Å². The molecule has 0 bridgehead atoms. The van der Waals surface area contributed by atoms with Crippen LogP contribution >= 0.6 is 0 Å². The van der Waals surface area contributed by atoms with Crippen LogP contribution in [-0.4, -0.2) is 85.2 Å². The van der Waals surface area contributed by atoms with Gasteiger partial charge in [-0.25, -0.2) is 0 Å². The summed E-state index contributed by atoms with van der Waals surface area (Å²) in [5, 5.41) is 18.3. The van der Waals surface area contributed by atoms with E-state index in [1.165, 1.54) is 0 Å². The topological polar surface area (TPSA) is 70.8 Å². The number of β-amino-alcohol motifs (C(OH)–C–C–N with tert-alkyl or cyclic N) is 1. The van der Waals surface area contributed by atoms with Crippen LogP contribution in [0.4, 0.5) is 0 Å². The van der Waals surface area contributed by atoms with Crippen LogP contribution in [0.25, 0.3) is 0 Å². The largest absolute Gasteiger partial charge is 0.392 e. The summed E-state index contributed by atoms with van der Waals surface area (Å²) < 4.78 is 0. The van der Waals surface area contributed by atoms with Gasteiger partial charge in [-0.2, -0.15) is 5.26 Å². The lowest BCUT2D eigenvalue weighted by Gasteiger charge is -2.27. The molecule has 1 aliphatic heterocycles. The third-order valence-electron chi connectivity index (χ3n) is 3.68. The van der Waals surface area contributed by atoms with Gasteiger partial charge in [0.2, 0.25) is 5.91 Å². The number of nitrogens with zero attached hydrogens (tertiary/aromatic N) is 4. The number of hydrogen-bond donors (Lipinski definition) is 1. The molecule has 1 rings (SSSR count). The van der Waals surface area contributed by atoms with E-state index in [1.807, 2.05) is 20.2 Å². The Morgan fingerprint density at radius 1 is 1.45 bits per heavy atom. The number of carbonyl (C=O) groups is 1. The maximum Gasteiger partial charge on any atom is 0.223 e. The number of aliphatic hydroxyl groups is 1. The lowest BCUT2D eigenvalue weighted by molar-refractivity contribution is -0.130. The van der Waals surface area contributed by atoms with Gasteiger partial charge in [0, 0.05) is 45.7 Å². The van der Waals surface area contributed by atoms with Gasteiger partial charge < -0.3 is 14.9 Å². The quantitative estimate of drug-likeness (QED) is 0.697. The van der Waals surface area contributed by atoms with Crippen molar-refractivity contribution in [2.45, 2.75) is 31.4 Å². The molecule has 0 spiro atoms. The van der Waals surface area contributed by atoms with Crippen molar-refractivity contribution < 1.29 is 9.90 Å². The van der Waals surface area contributed by atoms with E-state index < -0.39 is 0 Å². The van der Waals surface area contributed by atoms with Gasteiger partial charge in [0.25, 0.3) is 0 Å². The summed E-state index contributed by atoms with van der Waals surface area (Å²) in [7, 11) is 5.77. The Balaban J connectivity index is 2.39. The highest BCUT2D eigenvalue weighted by atomic mass is 16.3. The van der Waals surface area contributed by atoms with Crippen LogP contribution < -0.4 is 0 Å². The molecule has 1 heterocycles. The third-order valence-corrected chi connectivity index (χ3v) is 3.68. The molecule has 0 aromatic rings. The van der Waals surface area contributed by atoms with E-state index in [9.17, 15) is 9.90 Å². The summed E-state index contributed by atoms with van der Waals surface area (Å²) in [5.74, 6) is 0.0604. The molecule has 1 saturated heterocycles. The molecule has 1 N–H and O–H groups in total. The summed E-state index contributed by atoms with van der Waals surface area (Å²) in [6.07, 6.45) is 1.30. The Labute approximate surface area is 121 Å². The van der Waals surface area contributed by atoms with E-state index in [-0.39, 0.29) is 12.0 Å². The van der Waals surface area contributed by atoms with Crippen molar-refractivity contribution in [2.75, 3.05) is 47.3 Å². The van der Waals surface area contributed by atoms with Gasteiger partial charge in [-0.15, -0.1) is 0 Å². The lowest BCUT2D eigenvalue weighted by Crippen LogP contribution is -2.40. The minimum Gasteiger partial charge on any atom is -0.392 e. The average Bonchev–Trinajstić information content (AvgIpc) is 2.72. The van der Waals surface area contributed by atoms with E-state index in [0.29, 0.717) is 38.5 Å². The van der Waals surface area contributed by atoms with Gasteiger partial charge in [-0.1, -0.05) is 0 Å². The first-order valence-electron chi connectivity index (χ1n) is 7.11. The van der Waals surface area contributed by atoms with E-state index in [2.05, 4.69) is 9.80 Å². The molecule has 0 radical (unpaired) electrons. The van der Waals surface area contributed by atoms with Gasteiger partial charge in [0.05, 0.1) is 18.6 Å². The molecule has 20 heavy (non-hydrogen) atoms. The van der Waals surface area contributed by atoms with E-state index in [4.69, 9.17) is 5.26 Å². The highest BCUT2D eigenvalue weighted by Crippen LogP contribution is 2.18. The molecule has 6 heteroatoms. The van der Waals surface area contributed by atoms with Crippen LogP contribution in [0.3, 0.4) is 0 Å². The molecule has 0 aromatic heterocycles. The fourth-order valence-electron chi connectivity index (χ4n) is 2.62. The van der Waals surface area contributed by atoms with Gasteiger partial charge in [0.15, 0.2) is 0 Å². The van der Waals surface area contributed by atoms with Gasteiger partial charge in [-0.3, -0.25) is 9.69 Å². The van der Waals surface area contributed by atoms with E-state index >= 15 is 0 Å². The Hall–Kier alpha value is -1.16. The number of carbonyl (C=O) groups excluding carboxylic acids is 1. The molecule has 1 amide bonds. The average molecular weight is 282 g/mol. The number of aliphatic hydroxyl groups excluding tert-OH is 1. The zero-order valence-corrected chi connectivity index (χ0v) is 12.7. The Kier molecular flexibility index (Phi) is 6.93. The minimum absolute atomic E-state index is 0.0604. The van der Waals surface area contributed by atoms with Crippen molar-refractivity contribution in [2.24, 2.45) is 0 Å². The monoisotopic (exact) mass is 282 g/mol. The van der Waals surface area contributed by atoms with Crippen LogP contribution in [0.15, 0.2) is 0 Å². The molecule has 0 saturated carbocycles. The second-order valence-corrected chi connectivity index (χ2v) is 5.77. The third kappa shape index (κ3) is 5.45. The SMILES string of the molecule is CN(C)CC1CC(O)CN1CCC(=O)N(C)CCC#N. The molecule has 2 unspecified atom stereocenters. The van der Waals surface area contributed by atoms with Crippen molar-refractivity contribution >= 4 is 5.91 Å². The number of nitriles is 1. The Morgan fingerprint density at radius 3 is 2.75 bits per heavy atom. The number of likely N-dealkylation sites (tertiary alicyclic amines) is 1. The van der Waals surface area contributed by atoms with Crippen molar-refractivity contribution in [3.05, 3.63) is 0 Å². The van der Waals surface area contributed by atoms with Gasteiger partial charge in [0.1, 0.15) is 0 Å². The Morgan fingerprint density at radius 2 is 2.15 bits per heavy atom. The zero-order chi connectivity index (χ0) is 15.1. The van der Waals surface area contributed by atoms with E-state index in [0.717, 1.165) is 13.0 Å². The Bertz CT molecular complexity index is 354. The van der Waals surface area contributed by atoms with Crippen LogP contribution in [0, 0.1) is 11.3 Å². The van der Waals surface area contributed by atoms with Gasteiger partial charge in [-0.05, 0) is 20.5 Å². The van der Waals surface area contributed by atoms with Crippen LogP contribution in [0.5, 0.6) is 0 Å². The molecule has 1 aliphatic rings. The smallest absolute Gasteiger partial charge is 0.223 e. The number of hydrogen-bond acceptors (Lipinski definition) is 5. The molecule has 1 fully saturated rings. The summed E-state index contributed by atoms with van der Waals surface area (Å²) in [5.41, 5.74) is 0. The maximum absolute atomic E-state index is 11.9. The summed E-state index contributed by atoms with van der Waals surface area (Å²) in [6.45, 7) is 2.70. The number of rotatable bonds is 7. The summed E-state index contributed by atoms with van der Waals surface area (Å²) >= 11 is 0. The molecule has 0 aliphatic carbocycles. The first kappa shape index (κ1) is 16.9. The highest BCUT2D eigenvalue weighted by molar-refractivity contribution is 5.76. The number of amides is 1. The predicted octanol–water partition coefficient (Wildman–Crippen LogP) is -0.255. The molecular formula is C14H26N4O2.